The van der Waals surface area contributed by atoms with Crippen LogP contribution in [0.1, 0.15) is 52.2 Å². The number of thioether (sulfide) groups is 1. The lowest BCUT2D eigenvalue weighted by atomic mass is 9.87. The number of ether oxygens (including phenoxy) is 1. The minimum atomic E-state index is -5.59. The van der Waals surface area contributed by atoms with Gasteiger partial charge in [-0.2, -0.15) is 4.31 Å². The minimum Gasteiger partial charge on any atom is -0.481 e. The monoisotopic (exact) mass is 985 g/mol. The summed E-state index contributed by atoms with van der Waals surface area (Å²) in [6.45, 7) is 0.213. The van der Waals surface area contributed by atoms with E-state index < -0.39 is 102 Å². The number of nitrogens with two attached hydrogens (primary N) is 1. The van der Waals surface area contributed by atoms with Gasteiger partial charge < -0.3 is 66.2 Å². The normalized spacial score (nSPS) is 20.1. The molecule has 1 saturated heterocycles. The van der Waals surface area contributed by atoms with Gasteiger partial charge >= 0.3 is 41.4 Å². The Morgan fingerprint density at radius 2 is 1.48 bits per heavy atom. The summed E-state index contributed by atoms with van der Waals surface area (Å²) < 4.78 is 61.9. The van der Waals surface area contributed by atoms with Crippen molar-refractivity contribution >= 4 is 87.0 Å². The number of aliphatic hydroxyl groups is 2. The topological polar surface area (TPSA) is 476 Å². The molecule has 2 amide bonds. The Labute approximate surface area is 359 Å². The second kappa shape index (κ2) is 24.3. The lowest BCUT2D eigenvalue weighted by Gasteiger charge is -2.30. The highest BCUT2D eigenvalue weighted by molar-refractivity contribution is 8.13. The number of nitrogens with one attached hydrogen (secondary N) is 2. The van der Waals surface area contributed by atoms with E-state index in [4.69, 9.17) is 34.8 Å². The Morgan fingerprint density at radius 1 is 0.889 bits per heavy atom. The summed E-state index contributed by atoms with van der Waals surface area (Å²) >= 11 is 0.849. The van der Waals surface area contributed by atoms with Gasteiger partial charge in [0.2, 0.25) is 11.8 Å². The number of anilines is 1. The van der Waals surface area contributed by atoms with Gasteiger partial charge in [-0.3, -0.25) is 46.9 Å². The van der Waals surface area contributed by atoms with Gasteiger partial charge in [0.05, 0.1) is 38.8 Å². The van der Waals surface area contributed by atoms with Crippen molar-refractivity contribution < 1.29 is 110 Å². The predicted octanol–water partition coefficient (Wildman–Crippen LogP) is -1.53. The van der Waals surface area contributed by atoms with Gasteiger partial charge in [0.15, 0.2) is 22.8 Å². The first-order chi connectivity index (χ1) is 29.0. The number of hydrogen-bond donors (Lipinski definition) is 12. The third kappa shape index (κ3) is 19.7. The van der Waals surface area contributed by atoms with Crippen molar-refractivity contribution in [2.75, 3.05) is 37.8 Å². The van der Waals surface area contributed by atoms with Crippen molar-refractivity contribution in [3.8, 4) is 0 Å². The van der Waals surface area contributed by atoms with Crippen LogP contribution in [-0.2, 0) is 65.1 Å². The molecule has 0 bridgehead atoms. The molecule has 7 atom stereocenters. The van der Waals surface area contributed by atoms with Crippen LogP contribution in [0.3, 0.4) is 0 Å². The SMILES string of the molecule is CC(C)(COP(=O)(O)OP(=O)(O)OC[C@H]1O[C@@H](n2cnc3c(N)ncnc32)[C@H](O)[C@@H]1OP(=O)(O)O)[C@@H](O)C(=O)NCCC(=O)NCCSC(=O)CCC(=O)O.O=C(O)CCC(=O)O. The number of carboxylic acids is 3. The summed E-state index contributed by atoms with van der Waals surface area (Å²) in [6.07, 6.45) is -8.14. The van der Waals surface area contributed by atoms with E-state index in [1.807, 2.05) is 0 Å². The van der Waals surface area contributed by atoms with Gasteiger partial charge in [-0.05, 0) is 0 Å². The molecule has 3 heterocycles. The van der Waals surface area contributed by atoms with E-state index in [9.17, 15) is 72.2 Å². The van der Waals surface area contributed by atoms with Crippen molar-refractivity contribution in [1.82, 2.24) is 30.2 Å². The fourth-order valence-electron chi connectivity index (χ4n) is 4.79. The summed E-state index contributed by atoms with van der Waals surface area (Å²) in [6, 6.07) is 0. The van der Waals surface area contributed by atoms with E-state index in [0.29, 0.717) is 0 Å². The largest absolute Gasteiger partial charge is 0.481 e. The number of imidazole rings is 1. The molecule has 356 valence electrons. The van der Waals surface area contributed by atoms with Crippen LogP contribution in [0.15, 0.2) is 12.7 Å². The lowest BCUT2D eigenvalue weighted by Crippen LogP contribution is -2.46. The number of phosphoric acid groups is 3. The van der Waals surface area contributed by atoms with Crippen LogP contribution in [0.25, 0.3) is 11.2 Å². The Bertz CT molecular complexity index is 2070. The predicted molar refractivity (Wildman–Crippen MR) is 208 cm³/mol. The maximum Gasteiger partial charge on any atom is 0.481 e. The number of carbonyl (C=O) groups is 6. The standard InChI is InChI=1S/C25H40N7O19P3S.C4H6O4/c1-25(2,20(38)23(39)28-6-5-14(33)27-7-8-55-16(36)4-3-15(34)35)10-48-54(45,46)51-53(43,44)47-9-13-19(50-52(40,41)42)18(37)24(49-13)32-12-31-17-21(26)29-11-30-22(17)32;5-3(6)1-2-4(7)8/h11-13,18-20,24,37-38H,3-10H2,1-2H3,(H,27,33)(H,28,39)(H,34,35)(H,43,44)(H,45,46)(H2,26,29,30)(H2,40,41,42);1-2H2,(H,5,6)(H,7,8)/t13-,18-,19-,20+,24-;/m1./s1. The third-order valence-corrected chi connectivity index (χ3v) is 11.9. The molecule has 30 nitrogen and oxygen atoms in total. The first-order valence-electron chi connectivity index (χ1n) is 17.7. The maximum atomic E-state index is 12.6. The van der Waals surface area contributed by atoms with Crippen molar-refractivity contribution in [2.45, 2.75) is 76.6 Å². The highest BCUT2D eigenvalue weighted by Crippen LogP contribution is 2.61. The van der Waals surface area contributed by atoms with Crippen molar-refractivity contribution in [1.29, 1.82) is 0 Å². The van der Waals surface area contributed by atoms with E-state index in [0.717, 1.165) is 29.0 Å². The summed E-state index contributed by atoms with van der Waals surface area (Å²) in [5, 5.41) is 50.2. The molecular weight excluding hydrogens is 939 g/mol. The molecule has 0 spiro atoms. The van der Waals surface area contributed by atoms with Crippen molar-refractivity contribution in [3.05, 3.63) is 12.7 Å². The van der Waals surface area contributed by atoms with Crippen molar-refractivity contribution in [3.63, 3.8) is 0 Å². The molecule has 3 rings (SSSR count). The molecule has 13 N–H and O–H groups in total. The zero-order valence-electron chi connectivity index (χ0n) is 33.0. The Balaban J connectivity index is 0.00000155. The molecular formula is C29H46N7O23P3S. The molecule has 1 aliphatic heterocycles. The molecule has 63 heavy (non-hydrogen) atoms. The van der Waals surface area contributed by atoms with Crippen LogP contribution >= 0.6 is 35.2 Å². The number of amides is 2. The molecule has 34 heteroatoms. The summed E-state index contributed by atoms with van der Waals surface area (Å²) in [7, 11) is -16.4. The smallest absolute Gasteiger partial charge is 0.481 e. The van der Waals surface area contributed by atoms with Gasteiger partial charge in [0.25, 0.3) is 0 Å². The number of nitrogens with zero attached hydrogens (tertiary/aromatic N) is 4. The molecule has 2 aromatic heterocycles. The zero-order chi connectivity index (χ0) is 47.9. The fourth-order valence-corrected chi connectivity index (χ4v) is 8.30. The molecule has 2 aromatic rings. The number of rotatable bonds is 25. The number of phosphoric ester groups is 3. The summed E-state index contributed by atoms with van der Waals surface area (Å²) in [5.74, 6) is -4.66. The number of aliphatic carboxylic acids is 3. The Kier molecular flexibility index (Phi) is 21.3. The van der Waals surface area contributed by atoms with Gasteiger partial charge in [0, 0.05) is 37.1 Å². The number of fused-ring (bicyclic) bond motifs is 1. The molecule has 0 aromatic carbocycles. The quantitative estimate of drug-likeness (QED) is 0.0396. The molecule has 0 saturated carbocycles. The Morgan fingerprint density at radius 3 is 2.06 bits per heavy atom. The maximum absolute atomic E-state index is 12.6. The van der Waals surface area contributed by atoms with Crippen LogP contribution in [0, 0.1) is 5.41 Å². The fraction of sp³-hybridized carbons (Fsp3) is 0.621. The van der Waals surface area contributed by atoms with E-state index in [2.05, 4.69) is 34.4 Å². The van der Waals surface area contributed by atoms with E-state index >= 15 is 0 Å². The number of nitrogen functional groups attached to an aromatic ring is 1. The summed E-state index contributed by atoms with van der Waals surface area (Å²) in [4.78, 5) is 117. The second-order valence-corrected chi connectivity index (χ2v) is 18.9. The van der Waals surface area contributed by atoms with Gasteiger partial charge in [-0.15, -0.1) is 0 Å². The molecule has 1 fully saturated rings. The van der Waals surface area contributed by atoms with Crippen LogP contribution in [0.5, 0.6) is 0 Å². The van der Waals surface area contributed by atoms with Crippen LogP contribution in [0.4, 0.5) is 5.82 Å². The first kappa shape index (κ1) is 55.1. The number of aromatic nitrogens is 4. The van der Waals surface area contributed by atoms with Gasteiger partial charge in [-0.1, -0.05) is 25.6 Å². The third-order valence-electron chi connectivity index (χ3n) is 7.86. The van der Waals surface area contributed by atoms with E-state index in [-0.39, 0.29) is 73.0 Å². The first-order valence-corrected chi connectivity index (χ1v) is 23.2. The second-order valence-electron chi connectivity index (χ2n) is 13.5. The van der Waals surface area contributed by atoms with Gasteiger partial charge in [-0.25, -0.2) is 28.6 Å². The highest BCUT2D eigenvalue weighted by atomic mass is 32.2. The summed E-state index contributed by atoms with van der Waals surface area (Å²) in [5.41, 5.74) is 4.20. The minimum absolute atomic E-state index is 0.0197. The van der Waals surface area contributed by atoms with E-state index in [1.165, 1.54) is 13.8 Å². The van der Waals surface area contributed by atoms with Crippen molar-refractivity contribution in [2.24, 2.45) is 5.41 Å². The van der Waals surface area contributed by atoms with E-state index in [1.54, 1.807) is 0 Å². The molecule has 2 unspecified atom stereocenters. The highest BCUT2D eigenvalue weighted by Gasteiger charge is 2.50. The Hall–Kier alpha value is -4.03. The zero-order valence-corrected chi connectivity index (χ0v) is 36.5. The average Bonchev–Trinajstić information content (AvgIpc) is 3.73. The van der Waals surface area contributed by atoms with Crippen LogP contribution in [-0.4, -0.2) is 156 Å². The van der Waals surface area contributed by atoms with Gasteiger partial charge in [0.1, 0.15) is 36.3 Å². The molecule has 1 aliphatic rings. The van der Waals surface area contributed by atoms with Crippen LogP contribution < -0.4 is 16.4 Å². The van der Waals surface area contributed by atoms with Crippen LogP contribution in [0.2, 0.25) is 0 Å². The molecule has 0 aliphatic carbocycles. The number of carbonyl (C=O) groups excluding carboxylic acids is 3. The average molecular weight is 986 g/mol. The number of carboxylic acid groups (broad SMARTS) is 3. The molecule has 0 radical (unpaired) electrons. The number of hydrogen-bond acceptors (Lipinski definition) is 21. The number of aliphatic hydroxyl groups excluding tert-OH is 2. The lowest BCUT2D eigenvalue weighted by molar-refractivity contribution is -0.143.